The first kappa shape index (κ1) is 40.2. The summed E-state index contributed by atoms with van der Waals surface area (Å²) in [5.74, 6) is 0. The Balaban J connectivity index is 0.987. The van der Waals surface area contributed by atoms with Crippen LogP contribution in [-0.2, 0) is 0 Å². The fourth-order valence-electron chi connectivity index (χ4n) is 15.6. The van der Waals surface area contributed by atoms with E-state index >= 15 is 0 Å². The molecule has 0 saturated heterocycles. The molecule has 0 saturated carbocycles. The summed E-state index contributed by atoms with van der Waals surface area (Å²) >= 11 is 0. The van der Waals surface area contributed by atoms with Crippen molar-refractivity contribution in [2.45, 2.75) is 0 Å². The third-order valence-corrected chi connectivity index (χ3v) is 18.7. The van der Waals surface area contributed by atoms with Gasteiger partial charge in [0.25, 0.3) is 6.71 Å². The Hall–Kier alpha value is -10.2. The molecule has 0 radical (unpaired) electrons. The van der Waals surface area contributed by atoms with E-state index in [1.54, 1.807) is 0 Å². The Labute approximate surface area is 447 Å². The Kier molecular flexibility index (Phi) is 7.22. The van der Waals surface area contributed by atoms with Gasteiger partial charge in [-0.1, -0.05) is 194 Å². The second-order valence-corrected chi connectivity index (χ2v) is 22.2. The van der Waals surface area contributed by atoms with Crippen molar-refractivity contribution in [3.8, 4) is 83.8 Å². The van der Waals surface area contributed by atoms with Gasteiger partial charge in [0.15, 0.2) is 0 Å². The van der Waals surface area contributed by atoms with E-state index in [1.165, 1.54) is 181 Å². The molecular weight excluding hydrogens is 942 g/mol. The molecule has 16 aromatic rings. The van der Waals surface area contributed by atoms with Gasteiger partial charge in [0.2, 0.25) is 0 Å². The van der Waals surface area contributed by atoms with Crippen LogP contribution in [0.1, 0.15) is 0 Å². The molecule has 0 fully saturated rings. The summed E-state index contributed by atoms with van der Waals surface area (Å²) in [4.78, 5) is 0. The topological polar surface area (TPSA) is 14.8 Å². The summed E-state index contributed by atoms with van der Waals surface area (Å²) in [6, 6.07) is 92.6. The zero-order valence-corrected chi connectivity index (χ0v) is 42.0. The number of hydrogen-bond acceptors (Lipinski definition) is 0. The molecule has 5 heterocycles. The van der Waals surface area contributed by atoms with Crippen LogP contribution in [0, 0.1) is 0 Å². The smallest absolute Gasteiger partial charge is 0.252 e. The van der Waals surface area contributed by atoms with Crippen molar-refractivity contribution in [3.63, 3.8) is 0 Å². The van der Waals surface area contributed by atoms with Crippen LogP contribution >= 0.6 is 0 Å². The Morgan fingerprint density at radius 3 is 1.13 bits per heavy atom. The van der Waals surface area contributed by atoms with E-state index in [1.807, 2.05) is 0 Å². The van der Waals surface area contributed by atoms with E-state index < -0.39 is 0 Å². The predicted octanol–water partition coefficient (Wildman–Crippen LogP) is 17.1. The molecule has 78 heavy (non-hydrogen) atoms. The van der Waals surface area contributed by atoms with Gasteiger partial charge in [-0.3, -0.25) is 0 Å². The molecule has 0 bridgehead atoms. The first-order valence-electron chi connectivity index (χ1n) is 27.4. The number of benzene rings is 13. The Morgan fingerprint density at radius 1 is 0.256 bits per heavy atom. The zero-order valence-electron chi connectivity index (χ0n) is 42.0. The van der Waals surface area contributed by atoms with Crippen molar-refractivity contribution in [3.05, 3.63) is 243 Å². The van der Waals surface area contributed by atoms with Crippen molar-refractivity contribution in [2.24, 2.45) is 0 Å². The van der Waals surface area contributed by atoms with Crippen molar-refractivity contribution < 1.29 is 0 Å². The average molecular weight is 982 g/mol. The van der Waals surface area contributed by atoms with Crippen molar-refractivity contribution in [1.82, 2.24) is 13.7 Å². The van der Waals surface area contributed by atoms with Crippen LogP contribution in [0.2, 0.25) is 0 Å². The van der Waals surface area contributed by atoms with Crippen LogP contribution < -0.4 is 16.4 Å². The molecule has 0 spiro atoms. The predicted molar refractivity (Wildman–Crippen MR) is 329 cm³/mol. The summed E-state index contributed by atoms with van der Waals surface area (Å²) < 4.78 is 7.95. The minimum absolute atomic E-state index is 0.0331. The summed E-state index contributed by atoms with van der Waals surface area (Å²) in [6.45, 7) is -0.0331. The van der Waals surface area contributed by atoms with Gasteiger partial charge in [-0.05, 0) is 153 Å². The van der Waals surface area contributed by atoms with E-state index in [0.717, 1.165) is 5.69 Å². The maximum absolute atomic E-state index is 2.69. The molecule has 3 aromatic heterocycles. The minimum Gasteiger partial charge on any atom is -0.310 e. The van der Waals surface area contributed by atoms with Gasteiger partial charge in [0.1, 0.15) is 0 Å². The molecule has 0 N–H and O–H groups in total. The van der Waals surface area contributed by atoms with E-state index in [0.29, 0.717) is 0 Å². The Bertz CT molecular complexity index is 5160. The van der Waals surface area contributed by atoms with Gasteiger partial charge < -0.3 is 13.7 Å². The highest BCUT2D eigenvalue weighted by molar-refractivity contribution is 7.00. The van der Waals surface area contributed by atoms with Gasteiger partial charge in [0.05, 0.1) is 38.8 Å². The quantitative estimate of drug-likeness (QED) is 0.157. The molecule has 2 aliphatic carbocycles. The van der Waals surface area contributed by atoms with Crippen LogP contribution in [0.4, 0.5) is 0 Å². The van der Waals surface area contributed by atoms with E-state index in [4.69, 9.17) is 0 Å². The standard InChI is InChI=1S/C74H40BN3/c1-3-13-41(14-4-1)45-27-33-60-56(37-45)57-38-46(42-15-5-2-6-16-42)28-34-61(57)76(60)47-39-64-72-65(40-47)78-63-36-26-44-18-12-24-53-49-20-8-10-22-51(49)55-30-32-59(74(78)69(55)71(63)67(44)53)75(72)58-31-29-54-50-21-9-7-19-48(50)52-23-11-17-43-25-35-62-70(66(43)52)68(54)73(58)77(62)64/h1-40H. The average Bonchev–Trinajstić information content (AvgIpc) is 4.22. The number of nitrogens with zero attached hydrogens (tertiary/aromatic N) is 3. The van der Waals surface area contributed by atoms with Crippen LogP contribution in [0.3, 0.4) is 0 Å². The lowest BCUT2D eigenvalue weighted by Crippen LogP contribution is -2.59. The molecule has 4 aliphatic rings. The van der Waals surface area contributed by atoms with Crippen molar-refractivity contribution in [2.75, 3.05) is 0 Å². The van der Waals surface area contributed by atoms with E-state index in [9.17, 15) is 0 Å². The number of aromatic nitrogens is 3. The van der Waals surface area contributed by atoms with Crippen LogP contribution in [-0.4, -0.2) is 20.4 Å². The lowest BCUT2D eigenvalue weighted by molar-refractivity contribution is 1.10. The highest BCUT2D eigenvalue weighted by atomic mass is 15.1. The summed E-state index contributed by atoms with van der Waals surface area (Å²) in [5.41, 5.74) is 30.4. The lowest BCUT2D eigenvalue weighted by Gasteiger charge is -2.35. The lowest BCUT2D eigenvalue weighted by atomic mass is 9.34. The van der Waals surface area contributed by atoms with Crippen LogP contribution in [0.25, 0.3) is 171 Å². The molecule has 13 aromatic carbocycles. The second kappa shape index (κ2) is 14.0. The molecule has 2 aliphatic heterocycles. The second-order valence-electron chi connectivity index (χ2n) is 22.2. The molecule has 20 rings (SSSR count). The third-order valence-electron chi connectivity index (χ3n) is 18.7. The van der Waals surface area contributed by atoms with Crippen LogP contribution in [0.5, 0.6) is 0 Å². The fourth-order valence-corrected chi connectivity index (χ4v) is 15.6. The fraction of sp³-hybridized carbons (Fsp3) is 0. The van der Waals surface area contributed by atoms with Crippen LogP contribution in [0.15, 0.2) is 243 Å². The number of fused-ring (bicyclic) bond motifs is 15. The molecular formula is C74H40BN3. The van der Waals surface area contributed by atoms with Gasteiger partial charge in [-0.2, -0.15) is 0 Å². The molecule has 4 heteroatoms. The summed E-state index contributed by atoms with van der Waals surface area (Å²) in [7, 11) is 0. The maximum Gasteiger partial charge on any atom is 0.252 e. The molecule has 354 valence electrons. The molecule has 3 nitrogen and oxygen atoms in total. The van der Waals surface area contributed by atoms with E-state index in [2.05, 4.69) is 256 Å². The summed E-state index contributed by atoms with van der Waals surface area (Å²) in [5, 5.41) is 13.1. The van der Waals surface area contributed by atoms with E-state index in [-0.39, 0.29) is 6.71 Å². The monoisotopic (exact) mass is 981 g/mol. The van der Waals surface area contributed by atoms with Crippen molar-refractivity contribution in [1.29, 1.82) is 0 Å². The third kappa shape index (κ3) is 4.73. The Morgan fingerprint density at radius 2 is 0.667 bits per heavy atom. The molecule has 0 unspecified atom stereocenters. The van der Waals surface area contributed by atoms with Gasteiger partial charge in [-0.15, -0.1) is 0 Å². The van der Waals surface area contributed by atoms with Gasteiger partial charge in [-0.25, -0.2) is 0 Å². The zero-order chi connectivity index (χ0) is 50.2. The highest BCUT2D eigenvalue weighted by Crippen LogP contribution is 2.53. The SMILES string of the molecule is c1ccc(-c2ccc3c(c2)c2cc(-c4ccccc4)ccc2n3-c2cc3c4c(c2)-n2c5ccc6cccc7c6c5c5c(ccc(c52)B4c2ccc4c5c6c8c(cccc8ccc6n-3c25)-c2ccccc2-4)-c2ccccc2-7)cc1. The number of hydrogen-bond donors (Lipinski definition) is 0. The van der Waals surface area contributed by atoms with Crippen molar-refractivity contribution >= 4 is 110 Å². The molecule has 0 amide bonds. The first-order chi connectivity index (χ1) is 38.7. The van der Waals surface area contributed by atoms with Gasteiger partial charge in [0, 0.05) is 43.7 Å². The minimum atomic E-state index is -0.0331. The maximum atomic E-state index is 2.69. The largest absolute Gasteiger partial charge is 0.310 e. The summed E-state index contributed by atoms with van der Waals surface area (Å²) in [6.07, 6.45) is 0. The normalized spacial score (nSPS) is 13.1. The van der Waals surface area contributed by atoms with Gasteiger partial charge >= 0.3 is 0 Å². The highest BCUT2D eigenvalue weighted by Gasteiger charge is 2.43. The first-order valence-corrected chi connectivity index (χ1v) is 27.4. The number of rotatable bonds is 3. The molecule has 0 atom stereocenters.